The molecule has 124 valence electrons. The normalized spacial score (nSPS) is 35.6. The van der Waals surface area contributed by atoms with Gasteiger partial charge in [-0.15, -0.1) is 0 Å². The average Bonchev–Trinajstić information content (AvgIpc) is 3.01. The van der Waals surface area contributed by atoms with Crippen LogP contribution in [0, 0.1) is 5.92 Å². The molecule has 1 aliphatic carbocycles. The van der Waals surface area contributed by atoms with Gasteiger partial charge in [-0.3, -0.25) is 9.59 Å². The second-order valence-corrected chi connectivity index (χ2v) is 8.19. The van der Waals surface area contributed by atoms with E-state index in [2.05, 4.69) is 10.6 Å². The molecular weight excluding hydrogens is 278 g/mol. The van der Waals surface area contributed by atoms with E-state index in [1.807, 2.05) is 25.7 Å². The molecule has 0 aromatic rings. The number of nitrogens with zero attached hydrogens (tertiary/aromatic N) is 1. The maximum absolute atomic E-state index is 12.5. The minimum Gasteiger partial charge on any atom is -0.350 e. The van der Waals surface area contributed by atoms with Gasteiger partial charge in [0, 0.05) is 24.5 Å². The Morgan fingerprint density at radius 2 is 2.00 bits per heavy atom. The molecule has 22 heavy (non-hydrogen) atoms. The molecule has 2 saturated heterocycles. The van der Waals surface area contributed by atoms with Crippen LogP contribution in [0.3, 0.4) is 0 Å². The van der Waals surface area contributed by atoms with Crippen LogP contribution in [0.15, 0.2) is 0 Å². The summed E-state index contributed by atoms with van der Waals surface area (Å²) in [6.45, 7) is 6.75. The van der Waals surface area contributed by atoms with Gasteiger partial charge in [0.25, 0.3) is 0 Å². The molecule has 0 aromatic heterocycles. The van der Waals surface area contributed by atoms with Gasteiger partial charge >= 0.3 is 0 Å². The lowest BCUT2D eigenvalue weighted by Crippen LogP contribution is -2.48. The van der Waals surface area contributed by atoms with E-state index >= 15 is 0 Å². The summed E-state index contributed by atoms with van der Waals surface area (Å²) in [5.74, 6) is 0.898. The summed E-state index contributed by atoms with van der Waals surface area (Å²) in [6.07, 6.45) is 6.42. The van der Waals surface area contributed by atoms with Crippen LogP contribution in [0.1, 0.15) is 59.3 Å². The number of hydrogen-bond donors (Lipinski definition) is 2. The van der Waals surface area contributed by atoms with Crippen molar-refractivity contribution in [1.82, 2.24) is 15.5 Å². The van der Waals surface area contributed by atoms with E-state index < -0.39 is 0 Å². The quantitative estimate of drug-likeness (QED) is 0.811. The lowest BCUT2D eigenvalue weighted by Gasteiger charge is -2.32. The lowest BCUT2D eigenvalue weighted by molar-refractivity contribution is -0.131. The van der Waals surface area contributed by atoms with Crippen LogP contribution >= 0.6 is 0 Å². The molecule has 3 fully saturated rings. The molecular formula is C17H29N3O2. The smallest absolute Gasteiger partial charge is 0.237 e. The van der Waals surface area contributed by atoms with Crippen LogP contribution in [0.5, 0.6) is 0 Å². The highest BCUT2D eigenvalue weighted by Crippen LogP contribution is 2.33. The van der Waals surface area contributed by atoms with Gasteiger partial charge in [0.05, 0.1) is 12.1 Å². The summed E-state index contributed by atoms with van der Waals surface area (Å²) in [5.41, 5.74) is -0.170. The van der Waals surface area contributed by atoms with Gasteiger partial charge in [-0.05, 0) is 46.0 Å². The molecule has 2 heterocycles. The van der Waals surface area contributed by atoms with E-state index in [1.165, 1.54) is 25.7 Å². The first-order chi connectivity index (χ1) is 10.3. The number of amides is 2. The Balaban J connectivity index is 1.54. The number of rotatable bonds is 2. The molecule has 4 unspecified atom stereocenters. The predicted octanol–water partition coefficient (Wildman–Crippen LogP) is 1.42. The van der Waals surface area contributed by atoms with Crippen LogP contribution < -0.4 is 10.6 Å². The molecule has 5 heteroatoms. The summed E-state index contributed by atoms with van der Waals surface area (Å²) < 4.78 is 0. The van der Waals surface area contributed by atoms with Crippen molar-refractivity contribution in [3.63, 3.8) is 0 Å². The molecule has 2 aliphatic heterocycles. The Morgan fingerprint density at radius 1 is 1.27 bits per heavy atom. The van der Waals surface area contributed by atoms with Gasteiger partial charge in [-0.25, -0.2) is 0 Å². The van der Waals surface area contributed by atoms with Gasteiger partial charge in [0.15, 0.2) is 0 Å². The first-order valence-electron chi connectivity index (χ1n) is 8.71. The highest BCUT2D eigenvalue weighted by atomic mass is 16.2. The Morgan fingerprint density at radius 3 is 2.64 bits per heavy atom. The summed E-state index contributed by atoms with van der Waals surface area (Å²) in [6, 6.07) is 0.427. The molecule has 0 aromatic carbocycles. The van der Waals surface area contributed by atoms with Crippen LogP contribution in [-0.4, -0.2) is 46.9 Å². The first kappa shape index (κ1) is 15.8. The van der Waals surface area contributed by atoms with Crippen molar-refractivity contribution < 1.29 is 9.59 Å². The van der Waals surface area contributed by atoms with Crippen molar-refractivity contribution in [2.24, 2.45) is 5.92 Å². The van der Waals surface area contributed by atoms with Crippen LogP contribution in [0.25, 0.3) is 0 Å². The first-order valence-corrected chi connectivity index (χ1v) is 8.71. The standard InChI is InChI=1S/C17H29N3O2/c1-17(2,3)20-10-12(9-15(20)21)18-16(22)14-8-11-6-4-5-7-13(11)19-14/h11-14,19H,4-10H2,1-3H3,(H,18,22). The Bertz CT molecular complexity index is 443. The van der Waals surface area contributed by atoms with Crippen molar-refractivity contribution in [1.29, 1.82) is 0 Å². The average molecular weight is 307 g/mol. The van der Waals surface area contributed by atoms with Gasteiger partial charge < -0.3 is 15.5 Å². The van der Waals surface area contributed by atoms with E-state index in [-0.39, 0.29) is 29.4 Å². The molecule has 2 N–H and O–H groups in total. The second kappa shape index (κ2) is 5.84. The zero-order chi connectivity index (χ0) is 15.9. The van der Waals surface area contributed by atoms with Crippen molar-refractivity contribution in [2.75, 3.05) is 6.54 Å². The highest BCUT2D eigenvalue weighted by molar-refractivity contribution is 5.85. The number of nitrogens with one attached hydrogen (secondary N) is 2. The monoisotopic (exact) mass is 307 g/mol. The molecule has 0 bridgehead atoms. The SMILES string of the molecule is CC(C)(C)N1CC(NC(=O)C2CC3CCCCC3N2)CC1=O. The molecule has 3 aliphatic rings. The topological polar surface area (TPSA) is 61.4 Å². The maximum Gasteiger partial charge on any atom is 0.237 e. The van der Waals surface area contributed by atoms with E-state index in [0.29, 0.717) is 24.9 Å². The van der Waals surface area contributed by atoms with Crippen molar-refractivity contribution in [3.8, 4) is 0 Å². The Hall–Kier alpha value is -1.10. The molecule has 3 rings (SSSR count). The highest BCUT2D eigenvalue weighted by Gasteiger charge is 2.41. The number of carbonyl (C=O) groups excluding carboxylic acids is 2. The van der Waals surface area contributed by atoms with Crippen molar-refractivity contribution in [2.45, 2.75) is 83.0 Å². The van der Waals surface area contributed by atoms with Crippen LogP contribution in [0.4, 0.5) is 0 Å². The van der Waals surface area contributed by atoms with Gasteiger partial charge in [0.1, 0.15) is 0 Å². The molecule has 2 amide bonds. The summed E-state index contributed by atoms with van der Waals surface area (Å²) in [5, 5.41) is 6.61. The zero-order valence-corrected chi connectivity index (χ0v) is 14.0. The minimum atomic E-state index is -0.170. The van der Waals surface area contributed by atoms with Crippen molar-refractivity contribution in [3.05, 3.63) is 0 Å². The fraction of sp³-hybridized carbons (Fsp3) is 0.882. The van der Waals surface area contributed by atoms with Gasteiger partial charge in [0.2, 0.25) is 11.8 Å². The van der Waals surface area contributed by atoms with Gasteiger partial charge in [-0.2, -0.15) is 0 Å². The van der Waals surface area contributed by atoms with Crippen LogP contribution in [-0.2, 0) is 9.59 Å². The van der Waals surface area contributed by atoms with E-state index in [0.717, 1.165) is 6.42 Å². The summed E-state index contributed by atoms with van der Waals surface area (Å²) in [7, 11) is 0. The Kier molecular flexibility index (Phi) is 4.19. The molecule has 1 saturated carbocycles. The summed E-state index contributed by atoms with van der Waals surface area (Å²) >= 11 is 0. The fourth-order valence-corrected chi connectivity index (χ4v) is 4.28. The minimum absolute atomic E-state index is 0.0383. The second-order valence-electron chi connectivity index (χ2n) is 8.19. The number of likely N-dealkylation sites (tertiary alicyclic amines) is 1. The number of carbonyl (C=O) groups is 2. The van der Waals surface area contributed by atoms with Gasteiger partial charge in [-0.1, -0.05) is 12.8 Å². The third-order valence-corrected chi connectivity index (χ3v) is 5.46. The van der Waals surface area contributed by atoms with Crippen LogP contribution in [0.2, 0.25) is 0 Å². The number of fused-ring (bicyclic) bond motifs is 1. The van der Waals surface area contributed by atoms with Crippen molar-refractivity contribution >= 4 is 11.8 Å². The fourth-order valence-electron chi connectivity index (χ4n) is 4.28. The molecule has 4 atom stereocenters. The van der Waals surface area contributed by atoms with E-state index in [1.54, 1.807) is 0 Å². The maximum atomic E-state index is 12.5. The molecule has 0 radical (unpaired) electrons. The third-order valence-electron chi connectivity index (χ3n) is 5.46. The summed E-state index contributed by atoms with van der Waals surface area (Å²) in [4.78, 5) is 26.5. The zero-order valence-electron chi connectivity index (χ0n) is 14.0. The largest absolute Gasteiger partial charge is 0.350 e. The number of hydrogen-bond acceptors (Lipinski definition) is 3. The van der Waals surface area contributed by atoms with E-state index in [9.17, 15) is 9.59 Å². The Labute approximate surface area is 133 Å². The molecule has 0 spiro atoms. The predicted molar refractivity (Wildman–Crippen MR) is 85.3 cm³/mol. The van der Waals surface area contributed by atoms with E-state index in [4.69, 9.17) is 0 Å². The third kappa shape index (κ3) is 3.14. The lowest BCUT2D eigenvalue weighted by atomic mass is 9.85. The molecule has 5 nitrogen and oxygen atoms in total.